The number of carboxylic acids is 2. The Labute approximate surface area is 98.3 Å². The van der Waals surface area contributed by atoms with Crippen molar-refractivity contribution in [3.05, 3.63) is 12.7 Å². The van der Waals surface area contributed by atoms with Gasteiger partial charge in [-0.1, -0.05) is 6.08 Å². The molecule has 7 nitrogen and oxygen atoms in total. The number of rotatable bonds is 8. The molecule has 0 rings (SSSR count). The largest absolute Gasteiger partial charge is 0.481 e. The molecule has 2 unspecified atom stereocenters. The van der Waals surface area contributed by atoms with Crippen LogP contribution in [0.5, 0.6) is 0 Å². The van der Waals surface area contributed by atoms with Crippen molar-refractivity contribution >= 4 is 17.8 Å². The molecule has 0 aromatic carbocycles. The van der Waals surface area contributed by atoms with E-state index in [1.54, 1.807) is 0 Å². The van der Waals surface area contributed by atoms with E-state index in [2.05, 4.69) is 11.9 Å². The number of amides is 1. The number of hydrogen-bond acceptors (Lipinski definition) is 4. The monoisotopic (exact) mass is 244 g/mol. The van der Waals surface area contributed by atoms with Gasteiger partial charge in [0.15, 0.2) is 0 Å². The van der Waals surface area contributed by atoms with Crippen molar-refractivity contribution in [1.29, 1.82) is 0 Å². The van der Waals surface area contributed by atoms with Crippen molar-refractivity contribution in [1.82, 2.24) is 5.32 Å². The molecular formula is C10H16N2O5. The van der Waals surface area contributed by atoms with Gasteiger partial charge >= 0.3 is 11.9 Å². The third-order valence-electron chi connectivity index (χ3n) is 2.02. The molecule has 0 bridgehead atoms. The van der Waals surface area contributed by atoms with E-state index in [1.165, 1.54) is 6.08 Å². The fourth-order valence-corrected chi connectivity index (χ4v) is 1.09. The molecule has 0 aliphatic rings. The summed E-state index contributed by atoms with van der Waals surface area (Å²) in [4.78, 5) is 32.5. The summed E-state index contributed by atoms with van der Waals surface area (Å²) in [5, 5.41) is 19.4. The lowest BCUT2D eigenvalue weighted by molar-refractivity contribution is -0.143. The van der Waals surface area contributed by atoms with Gasteiger partial charge in [-0.05, 0) is 12.8 Å². The van der Waals surface area contributed by atoms with Crippen LogP contribution in [-0.2, 0) is 14.4 Å². The van der Waals surface area contributed by atoms with Gasteiger partial charge in [0.05, 0.1) is 6.04 Å². The minimum atomic E-state index is -1.29. The first-order valence-corrected chi connectivity index (χ1v) is 5.00. The lowest BCUT2D eigenvalue weighted by Gasteiger charge is -2.16. The molecule has 1 amide bonds. The molecule has 0 aliphatic heterocycles. The highest BCUT2D eigenvalue weighted by atomic mass is 16.4. The summed E-state index contributed by atoms with van der Waals surface area (Å²) in [6.07, 6.45) is 1.14. The zero-order valence-corrected chi connectivity index (χ0v) is 9.26. The number of carbonyl (C=O) groups is 3. The lowest BCUT2D eigenvalue weighted by atomic mass is 10.1. The maximum atomic E-state index is 11.4. The second-order valence-electron chi connectivity index (χ2n) is 3.46. The minimum absolute atomic E-state index is 0.183. The standard InChI is InChI=1S/C10H16N2O5/c1-2-3-6(11)9(15)12-7(10(16)17)4-5-8(13)14/h2,6-7H,1,3-5,11H2,(H,12,15)(H,13,14)(H,16,17). The lowest BCUT2D eigenvalue weighted by Crippen LogP contribution is -2.48. The molecule has 17 heavy (non-hydrogen) atoms. The Balaban J connectivity index is 4.33. The van der Waals surface area contributed by atoms with E-state index in [9.17, 15) is 14.4 Å². The van der Waals surface area contributed by atoms with Crippen LogP contribution in [-0.4, -0.2) is 40.1 Å². The topological polar surface area (TPSA) is 130 Å². The quantitative estimate of drug-likeness (QED) is 0.419. The normalized spacial score (nSPS) is 13.5. The molecular weight excluding hydrogens is 228 g/mol. The molecule has 0 fully saturated rings. The summed E-state index contributed by atoms with van der Waals surface area (Å²) in [7, 11) is 0. The first-order valence-electron chi connectivity index (χ1n) is 5.00. The van der Waals surface area contributed by atoms with Gasteiger partial charge in [-0.15, -0.1) is 6.58 Å². The van der Waals surface area contributed by atoms with Gasteiger partial charge in [-0.3, -0.25) is 9.59 Å². The molecule has 0 aromatic rings. The molecule has 2 atom stereocenters. The highest BCUT2D eigenvalue weighted by Crippen LogP contribution is 1.99. The van der Waals surface area contributed by atoms with E-state index in [4.69, 9.17) is 15.9 Å². The van der Waals surface area contributed by atoms with E-state index >= 15 is 0 Å². The predicted molar refractivity (Wildman–Crippen MR) is 59.2 cm³/mol. The Kier molecular flexibility index (Phi) is 6.57. The van der Waals surface area contributed by atoms with Crippen LogP contribution in [0.4, 0.5) is 0 Å². The Morgan fingerprint density at radius 1 is 1.35 bits per heavy atom. The summed E-state index contributed by atoms with van der Waals surface area (Å²) >= 11 is 0. The average molecular weight is 244 g/mol. The van der Waals surface area contributed by atoms with Gasteiger partial charge in [0.25, 0.3) is 0 Å². The highest BCUT2D eigenvalue weighted by molar-refractivity contribution is 5.87. The first kappa shape index (κ1) is 15.1. The summed E-state index contributed by atoms with van der Waals surface area (Å²) in [5.74, 6) is -3.05. The van der Waals surface area contributed by atoms with E-state index < -0.39 is 29.9 Å². The molecule has 0 heterocycles. The molecule has 0 aliphatic carbocycles. The number of aliphatic carboxylic acids is 2. The van der Waals surface area contributed by atoms with Crippen molar-refractivity contribution < 1.29 is 24.6 Å². The van der Waals surface area contributed by atoms with Crippen LogP contribution < -0.4 is 11.1 Å². The smallest absolute Gasteiger partial charge is 0.326 e. The molecule has 0 radical (unpaired) electrons. The molecule has 0 saturated carbocycles. The summed E-state index contributed by atoms with van der Waals surface area (Å²) in [6, 6.07) is -2.12. The highest BCUT2D eigenvalue weighted by Gasteiger charge is 2.23. The molecule has 0 saturated heterocycles. The number of carbonyl (C=O) groups excluding carboxylic acids is 1. The maximum Gasteiger partial charge on any atom is 0.326 e. The zero-order chi connectivity index (χ0) is 13.4. The van der Waals surface area contributed by atoms with Crippen LogP contribution in [0.1, 0.15) is 19.3 Å². The van der Waals surface area contributed by atoms with Gasteiger partial charge in [0, 0.05) is 6.42 Å². The van der Waals surface area contributed by atoms with Crippen LogP contribution in [0.2, 0.25) is 0 Å². The van der Waals surface area contributed by atoms with Crippen molar-refractivity contribution in [2.45, 2.75) is 31.3 Å². The minimum Gasteiger partial charge on any atom is -0.481 e. The Morgan fingerprint density at radius 3 is 2.35 bits per heavy atom. The van der Waals surface area contributed by atoms with Crippen molar-refractivity contribution in [3.8, 4) is 0 Å². The summed E-state index contributed by atoms with van der Waals surface area (Å²) < 4.78 is 0. The average Bonchev–Trinajstić information content (AvgIpc) is 2.23. The van der Waals surface area contributed by atoms with Crippen molar-refractivity contribution in [2.75, 3.05) is 0 Å². The fraction of sp³-hybridized carbons (Fsp3) is 0.500. The van der Waals surface area contributed by atoms with Gasteiger partial charge in [-0.2, -0.15) is 0 Å². The second kappa shape index (κ2) is 7.39. The van der Waals surface area contributed by atoms with Gasteiger partial charge < -0.3 is 21.3 Å². The molecule has 7 heteroatoms. The van der Waals surface area contributed by atoms with Crippen LogP contribution in [0.3, 0.4) is 0 Å². The molecule has 0 aromatic heterocycles. The van der Waals surface area contributed by atoms with Crippen LogP contribution in [0.25, 0.3) is 0 Å². The van der Waals surface area contributed by atoms with Crippen LogP contribution >= 0.6 is 0 Å². The molecule has 96 valence electrons. The Hall–Kier alpha value is -1.89. The van der Waals surface area contributed by atoms with E-state index in [0.29, 0.717) is 0 Å². The first-order chi connectivity index (χ1) is 7.88. The third kappa shape index (κ3) is 6.31. The number of hydrogen-bond donors (Lipinski definition) is 4. The Morgan fingerprint density at radius 2 is 1.94 bits per heavy atom. The third-order valence-corrected chi connectivity index (χ3v) is 2.02. The fourth-order valence-electron chi connectivity index (χ4n) is 1.09. The van der Waals surface area contributed by atoms with E-state index in [0.717, 1.165) is 0 Å². The molecule has 5 N–H and O–H groups in total. The predicted octanol–water partition coefficient (Wildman–Crippen LogP) is -0.676. The number of nitrogens with one attached hydrogen (secondary N) is 1. The second-order valence-corrected chi connectivity index (χ2v) is 3.46. The van der Waals surface area contributed by atoms with Crippen molar-refractivity contribution in [3.63, 3.8) is 0 Å². The number of nitrogens with two attached hydrogens (primary N) is 1. The van der Waals surface area contributed by atoms with Crippen LogP contribution in [0, 0.1) is 0 Å². The van der Waals surface area contributed by atoms with E-state index in [1.807, 2.05) is 0 Å². The van der Waals surface area contributed by atoms with Gasteiger partial charge in [-0.25, -0.2) is 4.79 Å². The number of carboxylic acid groups (broad SMARTS) is 2. The molecule has 0 spiro atoms. The van der Waals surface area contributed by atoms with Gasteiger partial charge in [0.2, 0.25) is 5.91 Å². The maximum absolute atomic E-state index is 11.4. The SMILES string of the molecule is C=CCC(N)C(=O)NC(CCC(=O)O)C(=O)O. The van der Waals surface area contributed by atoms with Crippen LogP contribution in [0.15, 0.2) is 12.7 Å². The van der Waals surface area contributed by atoms with E-state index in [-0.39, 0.29) is 19.3 Å². The van der Waals surface area contributed by atoms with Gasteiger partial charge in [0.1, 0.15) is 6.04 Å². The summed E-state index contributed by atoms with van der Waals surface area (Å²) in [5.41, 5.74) is 5.44. The Bertz CT molecular complexity index is 316. The zero-order valence-electron chi connectivity index (χ0n) is 9.26. The van der Waals surface area contributed by atoms with Crippen molar-refractivity contribution in [2.24, 2.45) is 5.73 Å². The summed E-state index contributed by atoms with van der Waals surface area (Å²) in [6.45, 7) is 3.40.